The second-order valence-corrected chi connectivity index (χ2v) is 7.04. The van der Waals surface area contributed by atoms with Crippen molar-refractivity contribution in [3.05, 3.63) is 29.8 Å². The molecule has 4 N–H and O–H groups in total. The molecule has 1 saturated heterocycles. The van der Waals surface area contributed by atoms with Gasteiger partial charge in [-0.2, -0.15) is 4.31 Å². The Bertz CT molecular complexity index is 598. The standard InChI is InChI=1S/C13H19N3O3S/c1-9-6-10(7-14)8-16(9)20(18,19)12-4-2-11(3-5-12)13(15)17/h2-5,9-10H,6-8,14H2,1H3,(H2,15,17). The van der Waals surface area contributed by atoms with E-state index in [1.807, 2.05) is 6.92 Å². The fourth-order valence-electron chi connectivity index (χ4n) is 2.54. The Kier molecular flexibility index (Phi) is 4.12. The first-order chi connectivity index (χ1) is 9.36. The number of benzene rings is 1. The van der Waals surface area contributed by atoms with E-state index in [0.29, 0.717) is 18.7 Å². The van der Waals surface area contributed by atoms with E-state index >= 15 is 0 Å². The highest BCUT2D eigenvalue weighted by Crippen LogP contribution is 2.28. The molecule has 0 spiro atoms. The van der Waals surface area contributed by atoms with Crippen LogP contribution in [0.25, 0.3) is 0 Å². The van der Waals surface area contributed by atoms with Crippen molar-refractivity contribution in [2.45, 2.75) is 24.3 Å². The van der Waals surface area contributed by atoms with Crippen LogP contribution in [0.1, 0.15) is 23.7 Å². The Morgan fingerprint density at radius 3 is 2.40 bits per heavy atom. The minimum Gasteiger partial charge on any atom is -0.366 e. The lowest BCUT2D eigenvalue weighted by atomic mass is 10.1. The molecule has 1 aliphatic rings. The van der Waals surface area contributed by atoms with Crippen molar-refractivity contribution in [3.63, 3.8) is 0 Å². The molecule has 7 heteroatoms. The van der Waals surface area contributed by atoms with Gasteiger partial charge in [0.25, 0.3) is 0 Å². The molecule has 1 aromatic carbocycles. The molecular formula is C13H19N3O3S. The van der Waals surface area contributed by atoms with Gasteiger partial charge in [0.15, 0.2) is 0 Å². The normalized spacial score (nSPS) is 23.9. The third-order valence-electron chi connectivity index (χ3n) is 3.68. The molecule has 0 aromatic heterocycles. The van der Waals surface area contributed by atoms with Gasteiger partial charge in [0.1, 0.15) is 0 Å². The molecule has 1 amide bonds. The van der Waals surface area contributed by atoms with Gasteiger partial charge in [-0.1, -0.05) is 0 Å². The second kappa shape index (κ2) is 5.51. The highest BCUT2D eigenvalue weighted by atomic mass is 32.2. The van der Waals surface area contributed by atoms with Gasteiger partial charge >= 0.3 is 0 Å². The second-order valence-electron chi connectivity index (χ2n) is 5.15. The van der Waals surface area contributed by atoms with Gasteiger partial charge in [0, 0.05) is 18.2 Å². The molecular weight excluding hydrogens is 278 g/mol. The number of sulfonamides is 1. The highest BCUT2D eigenvalue weighted by Gasteiger charge is 2.37. The van der Waals surface area contributed by atoms with Gasteiger partial charge in [-0.25, -0.2) is 8.42 Å². The number of hydrogen-bond donors (Lipinski definition) is 2. The van der Waals surface area contributed by atoms with Gasteiger partial charge in [-0.05, 0) is 50.1 Å². The summed E-state index contributed by atoms with van der Waals surface area (Å²) in [6, 6.07) is 5.62. The van der Waals surface area contributed by atoms with Crippen molar-refractivity contribution < 1.29 is 13.2 Å². The van der Waals surface area contributed by atoms with E-state index in [0.717, 1.165) is 6.42 Å². The Morgan fingerprint density at radius 1 is 1.35 bits per heavy atom. The van der Waals surface area contributed by atoms with Crippen LogP contribution in [0, 0.1) is 5.92 Å². The molecule has 2 rings (SSSR count). The maximum atomic E-state index is 12.6. The zero-order valence-electron chi connectivity index (χ0n) is 11.3. The largest absolute Gasteiger partial charge is 0.366 e. The van der Waals surface area contributed by atoms with Crippen molar-refractivity contribution in [2.75, 3.05) is 13.1 Å². The maximum Gasteiger partial charge on any atom is 0.248 e. The van der Waals surface area contributed by atoms with Crippen LogP contribution in [0.4, 0.5) is 0 Å². The van der Waals surface area contributed by atoms with E-state index in [-0.39, 0.29) is 16.9 Å². The molecule has 2 atom stereocenters. The summed E-state index contributed by atoms with van der Waals surface area (Å²) in [5.41, 5.74) is 11.1. The minimum absolute atomic E-state index is 0.0654. The third kappa shape index (κ3) is 2.70. The molecule has 0 saturated carbocycles. The van der Waals surface area contributed by atoms with Crippen LogP contribution >= 0.6 is 0 Å². The predicted molar refractivity (Wildman–Crippen MR) is 75.5 cm³/mol. The number of primary amides is 1. The first-order valence-electron chi connectivity index (χ1n) is 6.48. The van der Waals surface area contributed by atoms with Crippen LogP contribution in [0.5, 0.6) is 0 Å². The molecule has 0 bridgehead atoms. The summed E-state index contributed by atoms with van der Waals surface area (Å²) >= 11 is 0. The topological polar surface area (TPSA) is 106 Å². The number of carbonyl (C=O) groups excluding carboxylic acids is 1. The minimum atomic E-state index is -3.55. The molecule has 0 radical (unpaired) electrons. The molecule has 2 unspecified atom stereocenters. The fourth-order valence-corrected chi connectivity index (χ4v) is 4.26. The zero-order valence-corrected chi connectivity index (χ0v) is 12.1. The van der Waals surface area contributed by atoms with Crippen LogP contribution in [-0.2, 0) is 10.0 Å². The number of carbonyl (C=O) groups is 1. The van der Waals surface area contributed by atoms with Gasteiger partial charge < -0.3 is 11.5 Å². The monoisotopic (exact) mass is 297 g/mol. The lowest BCUT2D eigenvalue weighted by Crippen LogP contribution is -2.34. The smallest absolute Gasteiger partial charge is 0.248 e. The summed E-state index contributed by atoms with van der Waals surface area (Å²) < 4.78 is 26.6. The molecule has 1 aliphatic heterocycles. The van der Waals surface area contributed by atoms with Crippen LogP contribution < -0.4 is 11.5 Å². The number of nitrogens with zero attached hydrogens (tertiary/aromatic N) is 1. The van der Waals surface area contributed by atoms with Gasteiger partial charge in [0.2, 0.25) is 15.9 Å². The quantitative estimate of drug-likeness (QED) is 0.824. The van der Waals surface area contributed by atoms with E-state index in [4.69, 9.17) is 11.5 Å². The molecule has 6 nitrogen and oxygen atoms in total. The van der Waals surface area contributed by atoms with Crippen molar-refractivity contribution in [2.24, 2.45) is 17.4 Å². The van der Waals surface area contributed by atoms with Crippen LogP contribution in [0.2, 0.25) is 0 Å². The first kappa shape index (κ1) is 15.0. The van der Waals surface area contributed by atoms with Crippen LogP contribution in [0.15, 0.2) is 29.2 Å². The van der Waals surface area contributed by atoms with Crippen molar-refractivity contribution in [1.82, 2.24) is 4.31 Å². The zero-order chi connectivity index (χ0) is 14.9. The van der Waals surface area contributed by atoms with Crippen molar-refractivity contribution >= 4 is 15.9 Å². The summed E-state index contributed by atoms with van der Waals surface area (Å²) in [4.78, 5) is 11.2. The summed E-state index contributed by atoms with van der Waals surface area (Å²) in [5.74, 6) is -0.378. The van der Waals surface area contributed by atoms with E-state index in [1.165, 1.54) is 28.6 Å². The van der Waals surface area contributed by atoms with Crippen molar-refractivity contribution in [1.29, 1.82) is 0 Å². The average molecular weight is 297 g/mol. The number of amides is 1. The third-order valence-corrected chi connectivity index (χ3v) is 5.68. The molecule has 1 fully saturated rings. The van der Waals surface area contributed by atoms with E-state index in [9.17, 15) is 13.2 Å². The fraction of sp³-hybridized carbons (Fsp3) is 0.462. The van der Waals surface area contributed by atoms with Crippen LogP contribution in [-0.4, -0.2) is 37.8 Å². The lowest BCUT2D eigenvalue weighted by molar-refractivity contribution is 0.1000. The summed E-state index contributed by atoms with van der Waals surface area (Å²) in [6.07, 6.45) is 0.773. The predicted octanol–water partition coefficient (Wildman–Crippen LogP) is 0.143. The first-order valence-corrected chi connectivity index (χ1v) is 7.92. The van der Waals surface area contributed by atoms with Crippen LogP contribution in [0.3, 0.4) is 0 Å². The SMILES string of the molecule is CC1CC(CN)CN1S(=O)(=O)c1ccc(C(N)=O)cc1. The maximum absolute atomic E-state index is 12.6. The molecule has 1 aromatic rings. The number of hydrogen-bond acceptors (Lipinski definition) is 4. The molecule has 0 aliphatic carbocycles. The summed E-state index contributed by atoms with van der Waals surface area (Å²) in [7, 11) is -3.55. The lowest BCUT2D eigenvalue weighted by Gasteiger charge is -2.21. The Morgan fingerprint density at radius 2 is 1.95 bits per heavy atom. The number of nitrogens with two attached hydrogens (primary N) is 2. The Labute approximate surface area is 118 Å². The number of rotatable bonds is 4. The van der Waals surface area contributed by atoms with E-state index < -0.39 is 15.9 Å². The molecule has 1 heterocycles. The van der Waals surface area contributed by atoms with Crippen molar-refractivity contribution in [3.8, 4) is 0 Å². The molecule has 110 valence electrons. The Hall–Kier alpha value is -1.44. The van der Waals surface area contributed by atoms with Gasteiger partial charge in [0.05, 0.1) is 4.90 Å². The average Bonchev–Trinajstić information content (AvgIpc) is 2.81. The van der Waals surface area contributed by atoms with E-state index in [1.54, 1.807) is 0 Å². The van der Waals surface area contributed by atoms with Gasteiger partial charge in [-0.3, -0.25) is 4.79 Å². The highest BCUT2D eigenvalue weighted by molar-refractivity contribution is 7.89. The summed E-state index contributed by atoms with van der Waals surface area (Å²) in [5, 5.41) is 0. The molecule has 20 heavy (non-hydrogen) atoms. The summed E-state index contributed by atoms with van der Waals surface area (Å²) in [6.45, 7) is 2.81. The Balaban J connectivity index is 2.28. The van der Waals surface area contributed by atoms with E-state index in [2.05, 4.69) is 0 Å². The van der Waals surface area contributed by atoms with Gasteiger partial charge in [-0.15, -0.1) is 0 Å².